The van der Waals surface area contributed by atoms with Crippen LogP contribution in [0.15, 0.2) is 24.3 Å². The maximum Gasteiger partial charge on any atom is 0.409 e. The number of carbonyl (C=O) groups is 5. The summed E-state index contributed by atoms with van der Waals surface area (Å²) in [4.78, 5) is 70.2. The summed E-state index contributed by atoms with van der Waals surface area (Å²) in [6.07, 6.45) is 17.7. The number of ketones is 3. The summed E-state index contributed by atoms with van der Waals surface area (Å²) in [6, 6.07) is -0.296. The molecule has 2 aliphatic rings. The molecule has 2 rings (SSSR count). The first-order chi connectivity index (χ1) is 26.9. The molecule has 0 aromatic rings. The average molecular weight is 827 g/mol. The van der Waals surface area contributed by atoms with E-state index in [2.05, 4.69) is 55.7 Å². The second-order valence-electron chi connectivity index (χ2n) is 22.6. The van der Waals surface area contributed by atoms with E-state index in [1.54, 1.807) is 9.80 Å². The molecule has 2 saturated heterocycles. The van der Waals surface area contributed by atoms with E-state index < -0.39 is 27.3 Å². The summed E-state index contributed by atoms with van der Waals surface area (Å²) >= 11 is 0. The van der Waals surface area contributed by atoms with Crippen LogP contribution in [0, 0.1) is 16.2 Å². The van der Waals surface area contributed by atoms with E-state index in [4.69, 9.17) is 4.74 Å². The summed E-state index contributed by atoms with van der Waals surface area (Å²) in [5.41, 5.74) is -3.49. The number of unbranched alkanes of at least 4 members (excludes halogenated alkanes) is 3. The highest BCUT2D eigenvalue weighted by atomic mass is 16.6. The minimum absolute atomic E-state index is 0.0564. The lowest BCUT2D eigenvalue weighted by atomic mass is 9.72. The molecular formula is C49H86N4O6. The predicted octanol–water partition coefficient (Wildman–Crippen LogP) is 9.93. The van der Waals surface area contributed by atoms with Crippen LogP contribution in [0.2, 0.25) is 0 Å². The molecule has 2 fully saturated rings. The van der Waals surface area contributed by atoms with Crippen molar-refractivity contribution in [2.24, 2.45) is 16.2 Å². The van der Waals surface area contributed by atoms with Crippen molar-refractivity contribution in [3.8, 4) is 0 Å². The highest BCUT2D eigenvalue weighted by Crippen LogP contribution is 2.35. The minimum Gasteiger partial charge on any atom is -0.449 e. The highest BCUT2D eigenvalue weighted by molar-refractivity contribution is 5.95. The standard InChI is InChI=1S/C49H86N4O6/c1-43(2,3)39(55)37-28-27-33-53(37)38(54)29-23-19-18-21-25-31-48(50-46(10,11)12,40(56)44(4,5)6)30-24-20-16-17-22-26-35-59-42(58)52-34-32-49(36-52,51-47(13,14)15)41(57)45(7,8)9/h16-19,37,50-51H,20-36H2,1-15H3/b17-16+,19-18+/t37-,48?,49+/m1/s1. The monoisotopic (exact) mass is 827 g/mol. The van der Waals surface area contributed by atoms with Gasteiger partial charge in [0.1, 0.15) is 0 Å². The number of nitrogens with one attached hydrogen (secondary N) is 2. The molecule has 0 aliphatic carbocycles. The molecule has 2 aliphatic heterocycles. The summed E-state index contributed by atoms with van der Waals surface area (Å²) in [7, 11) is 0. The van der Waals surface area contributed by atoms with Gasteiger partial charge in [0.15, 0.2) is 17.3 Å². The SMILES string of the molecule is CC(C)(C)NC(CCC/C=C/CCCOC(=O)N1CC[C@@](NC(C)(C)C)(C(=O)C(C)(C)C)C1)(CCC/C=C/CCC(=O)N1CCC[C@@H]1C(=O)C(C)(C)C)C(=O)C(C)(C)C. The van der Waals surface area contributed by atoms with Crippen LogP contribution in [0.25, 0.3) is 0 Å². The molecule has 2 N–H and O–H groups in total. The maximum absolute atomic E-state index is 14.2. The molecule has 338 valence electrons. The van der Waals surface area contributed by atoms with Gasteiger partial charge in [-0.2, -0.15) is 0 Å². The Labute approximate surface area is 359 Å². The van der Waals surface area contributed by atoms with Crippen molar-refractivity contribution < 1.29 is 28.7 Å². The first-order valence-corrected chi connectivity index (χ1v) is 22.7. The number of carbonyl (C=O) groups excluding carboxylic acids is 5. The van der Waals surface area contributed by atoms with E-state index in [0.717, 1.165) is 57.8 Å². The molecule has 2 heterocycles. The third-order valence-corrected chi connectivity index (χ3v) is 11.2. The van der Waals surface area contributed by atoms with Crippen molar-refractivity contribution in [1.82, 2.24) is 20.4 Å². The lowest BCUT2D eigenvalue weighted by Gasteiger charge is -2.43. The molecule has 10 heteroatoms. The molecular weight excluding hydrogens is 741 g/mol. The number of rotatable bonds is 20. The van der Waals surface area contributed by atoms with Crippen LogP contribution in [0.4, 0.5) is 4.79 Å². The van der Waals surface area contributed by atoms with Gasteiger partial charge in [0.05, 0.1) is 23.7 Å². The molecule has 10 nitrogen and oxygen atoms in total. The lowest BCUT2D eigenvalue weighted by Crippen LogP contribution is -2.63. The Morgan fingerprint density at radius 2 is 1.22 bits per heavy atom. The fraction of sp³-hybridized carbons (Fsp3) is 0.816. The lowest BCUT2D eigenvalue weighted by molar-refractivity contribution is -0.140. The third kappa shape index (κ3) is 16.9. The van der Waals surface area contributed by atoms with Gasteiger partial charge in [-0.25, -0.2) is 4.79 Å². The Morgan fingerprint density at radius 1 is 0.678 bits per heavy atom. The first kappa shape index (κ1) is 52.3. The van der Waals surface area contributed by atoms with Crippen molar-refractivity contribution in [3.05, 3.63) is 24.3 Å². The zero-order chi connectivity index (χ0) is 45.1. The average Bonchev–Trinajstić information content (AvgIpc) is 3.75. The first-order valence-electron chi connectivity index (χ1n) is 22.7. The number of likely N-dealkylation sites (tertiary alicyclic amines) is 2. The van der Waals surface area contributed by atoms with Crippen molar-refractivity contribution in [2.45, 2.75) is 216 Å². The fourth-order valence-corrected chi connectivity index (χ4v) is 8.87. The Bertz CT molecular complexity index is 1480. The molecule has 59 heavy (non-hydrogen) atoms. The Kier molecular flexibility index (Phi) is 18.9. The third-order valence-electron chi connectivity index (χ3n) is 11.2. The molecule has 0 spiro atoms. The van der Waals surface area contributed by atoms with E-state index in [1.165, 1.54) is 0 Å². The normalized spacial score (nSPS) is 20.8. The Morgan fingerprint density at radius 3 is 1.71 bits per heavy atom. The number of Topliss-reactive ketones (excluding diaryl/α,β-unsaturated/α-hetero) is 3. The topological polar surface area (TPSA) is 125 Å². The highest BCUT2D eigenvalue weighted by Gasteiger charge is 2.51. The van der Waals surface area contributed by atoms with Crippen molar-refractivity contribution in [1.29, 1.82) is 0 Å². The molecule has 3 atom stereocenters. The molecule has 1 unspecified atom stereocenters. The van der Waals surface area contributed by atoms with E-state index in [9.17, 15) is 24.0 Å². The van der Waals surface area contributed by atoms with Gasteiger partial charge in [-0.3, -0.25) is 24.5 Å². The molecule has 0 saturated carbocycles. The van der Waals surface area contributed by atoms with E-state index >= 15 is 0 Å². The van der Waals surface area contributed by atoms with E-state index in [-0.39, 0.29) is 46.5 Å². The quantitative estimate of drug-likeness (QED) is 0.0919. The second-order valence-corrected chi connectivity index (χ2v) is 22.6. The van der Waals surface area contributed by atoms with Gasteiger partial charge in [0.2, 0.25) is 5.91 Å². The van der Waals surface area contributed by atoms with E-state index in [1.807, 2.05) is 83.1 Å². The summed E-state index contributed by atoms with van der Waals surface area (Å²) in [5.74, 6) is 0.555. The Hall–Kier alpha value is -2.85. The number of ether oxygens (including phenoxy) is 1. The largest absolute Gasteiger partial charge is 0.449 e. The van der Waals surface area contributed by atoms with Crippen LogP contribution in [-0.4, -0.2) is 93.6 Å². The van der Waals surface area contributed by atoms with Gasteiger partial charge in [0, 0.05) is 53.4 Å². The second kappa shape index (κ2) is 21.3. The molecule has 0 aromatic heterocycles. The summed E-state index contributed by atoms with van der Waals surface area (Å²) in [5, 5.41) is 7.32. The molecule has 0 bridgehead atoms. The number of hydrogen-bond donors (Lipinski definition) is 2. The fourth-order valence-electron chi connectivity index (χ4n) is 8.87. The summed E-state index contributed by atoms with van der Waals surface area (Å²) in [6.45, 7) is 31.8. The van der Waals surface area contributed by atoms with Gasteiger partial charge in [-0.1, -0.05) is 86.6 Å². The molecule has 2 amide bonds. The van der Waals surface area contributed by atoms with Crippen LogP contribution in [-0.2, 0) is 23.9 Å². The van der Waals surface area contributed by atoms with Gasteiger partial charge >= 0.3 is 6.09 Å². The van der Waals surface area contributed by atoms with Crippen LogP contribution >= 0.6 is 0 Å². The zero-order valence-corrected chi connectivity index (χ0v) is 40.3. The molecule has 0 aromatic carbocycles. The number of hydrogen-bond acceptors (Lipinski definition) is 8. The molecule has 0 radical (unpaired) electrons. The van der Waals surface area contributed by atoms with Crippen molar-refractivity contribution in [2.75, 3.05) is 26.2 Å². The van der Waals surface area contributed by atoms with Gasteiger partial charge in [-0.05, 0) is 119 Å². The van der Waals surface area contributed by atoms with Gasteiger partial charge in [-0.15, -0.1) is 0 Å². The maximum atomic E-state index is 14.2. The van der Waals surface area contributed by atoms with Crippen molar-refractivity contribution in [3.63, 3.8) is 0 Å². The number of allylic oxidation sites excluding steroid dienone is 4. The van der Waals surface area contributed by atoms with Gasteiger partial charge in [0.25, 0.3) is 0 Å². The van der Waals surface area contributed by atoms with Crippen molar-refractivity contribution >= 4 is 29.4 Å². The Balaban J connectivity index is 1.90. The number of amides is 2. The van der Waals surface area contributed by atoms with Crippen LogP contribution in [0.5, 0.6) is 0 Å². The zero-order valence-electron chi connectivity index (χ0n) is 40.3. The van der Waals surface area contributed by atoms with E-state index in [0.29, 0.717) is 51.9 Å². The number of nitrogens with zero attached hydrogens (tertiary/aromatic N) is 2. The van der Waals surface area contributed by atoms with Crippen LogP contribution in [0.1, 0.15) is 187 Å². The van der Waals surface area contributed by atoms with Crippen LogP contribution < -0.4 is 10.6 Å². The minimum atomic E-state index is -0.788. The van der Waals surface area contributed by atoms with Gasteiger partial charge < -0.3 is 19.9 Å². The van der Waals surface area contributed by atoms with Crippen LogP contribution in [0.3, 0.4) is 0 Å². The summed E-state index contributed by atoms with van der Waals surface area (Å²) < 4.78 is 5.65. The predicted molar refractivity (Wildman–Crippen MR) is 241 cm³/mol. The smallest absolute Gasteiger partial charge is 0.409 e.